The summed E-state index contributed by atoms with van der Waals surface area (Å²) in [5.74, 6) is -0.693. The van der Waals surface area contributed by atoms with E-state index in [4.69, 9.17) is 10.2 Å². The molecule has 4 N–H and O–H groups in total. The fourth-order valence-electron chi connectivity index (χ4n) is 4.58. The summed E-state index contributed by atoms with van der Waals surface area (Å²) in [6.07, 6.45) is -3.10. The van der Waals surface area contributed by atoms with E-state index in [2.05, 4.69) is 5.32 Å². The lowest BCUT2D eigenvalue weighted by atomic mass is 10.00. The molecule has 7 nitrogen and oxygen atoms in total. The normalized spacial score (nSPS) is 14.4. The van der Waals surface area contributed by atoms with Gasteiger partial charge in [0.25, 0.3) is 17.2 Å². The van der Waals surface area contributed by atoms with Gasteiger partial charge in [-0.25, -0.2) is 8.60 Å². The summed E-state index contributed by atoms with van der Waals surface area (Å²) in [6, 6.07) is 12.0. The van der Waals surface area contributed by atoms with Gasteiger partial charge in [-0.1, -0.05) is 6.07 Å². The SMILES string of the molecule is CNC(=O)c1c(-c2ccc(F)cc2)oc2cc(N(Cc3ccc(N)c(C(F)(F)F)c3)S(=O)O)c(C3CC3)cc12. The Kier molecular flexibility index (Phi) is 6.85. The van der Waals surface area contributed by atoms with E-state index in [9.17, 15) is 31.1 Å². The second-order valence-electron chi connectivity index (χ2n) is 9.26. The van der Waals surface area contributed by atoms with Gasteiger partial charge in [0.1, 0.15) is 17.2 Å². The van der Waals surface area contributed by atoms with E-state index in [0.29, 0.717) is 22.2 Å². The molecule has 1 amide bonds. The smallest absolute Gasteiger partial charge is 0.418 e. The Bertz CT molecular complexity index is 1600. The maximum absolute atomic E-state index is 13.6. The van der Waals surface area contributed by atoms with Crippen molar-refractivity contribution in [3.8, 4) is 11.3 Å². The predicted octanol–water partition coefficient (Wildman–Crippen LogP) is 6.22. The minimum absolute atomic E-state index is 0.0225. The number of nitrogens with two attached hydrogens (primary N) is 1. The highest BCUT2D eigenvalue weighted by Gasteiger charge is 2.35. The highest BCUT2D eigenvalue weighted by Crippen LogP contribution is 2.48. The molecule has 0 radical (unpaired) electrons. The third-order valence-corrected chi connectivity index (χ3v) is 7.32. The molecule has 1 aliphatic rings. The molecule has 1 aliphatic carbocycles. The Morgan fingerprint density at radius 1 is 1.15 bits per heavy atom. The Morgan fingerprint density at radius 3 is 2.44 bits per heavy atom. The van der Waals surface area contributed by atoms with Crippen LogP contribution in [0.2, 0.25) is 0 Å². The molecule has 1 atom stereocenters. The molecule has 1 heterocycles. The largest absolute Gasteiger partial charge is 0.455 e. The van der Waals surface area contributed by atoms with Crippen LogP contribution in [0, 0.1) is 5.82 Å². The number of anilines is 2. The molecule has 0 bridgehead atoms. The molecule has 5 rings (SSSR count). The van der Waals surface area contributed by atoms with E-state index < -0.39 is 40.4 Å². The number of alkyl halides is 3. The van der Waals surface area contributed by atoms with Gasteiger partial charge in [0.2, 0.25) is 0 Å². The number of benzene rings is 3. The lowest BCUT2D eigenvalue weighted by molar-refractivity contribution is -0.136. The number of hydrogen-bond donors (Lipinski definition) is 3. The number of nitrogen functional groups attached to an aromatic ring is 1. The summed E-state index contributed by atoms with van der Waals surface area (Å²) in [5.41, 5.74) is 5.99. The van der Waals surface area contributed by atoms with Crippen LogP contribution >= 0.6 is 0 Å². The van der Waals surface area contributed by atoms with Crippen LogP contribution in [0.1, 0.15) is 45.8 Å². The van der Waals surface area contributed by atoms with Crippen molar-refractivity contribution in [3.63, 3.8) is 0 Å². The van der Waals surface area contributed by atoms with E-state index in [1.54, 1.807) is 6.07 Å². The number of carbonyl (C=O) groups is 1. The van der Waals surface area contributed by atoms with Gasteiger partial charge < -0.3 is 15.5 Å². The topological polar surface area (TPSA) is 109 Å². The molecular formula is C27H23F4N3O4S. The maximum Gasteiger partial charge on any atom is 0.418 e. The van der Waals surface area contributed by atoms with E-state index >= 15 is 0 Å². The summed E-state index contributed by atoms with van der Waals surface area (Å²) in [4.78, 5) is 12.9. The van der Waals surface area contributed by atoms with Crippen LogP contribution in [-0.2, 0) is 24.0 Å². The second kappa shape index (κ2) is 10.0. The van der Waals surface area contributed by atoms with Gasteiger partial charge in [-0.05, 0) is 72.4 Å². The Balaban J connectivity index is 1.66. The van der Waals surface area contributed by atoms with Crippen molar-refractivity contribution in [1.29, 1.82) is 0 Å². The molecule has 1 fully saturated rings. The molecule has 12 heteroatoms. The lowest BCUT2D eigenvalue weighted by Gasteiger charge is -2.24. The number of nitrogens with zero attached hydrogens (tertiary/aromatic N) is 1. The van der Waals surface area contributed by atoms with Crippen molar-refractivity contribution in [2.45, 2.75) is 31.5 Å². The van der Waals surface area contributed by atoms with Crippen LogP contribution in [0.5, 0.6) is 0 Å². The molecule has 1 unspecified atom stereocenters. The minimum atomic E-state index is -4.69. The van der Waals surface area contributed by atoms with Crippen molar-refractivity contribution in [2.75, 3.05) is 17.1 Å². The standard InChI is InChI=1S/C27H23F4N3O4S/c1-33-26(35)24-19-11-18(15-3-4-15)22(12-23(19)38-25(24)16-5-7-17(28)8-6-16)34(39(36)37)13-14-2-9-21(32)20(10-14)27(29,30)31/h2,5-12,15H,3-4,13,32H2,1H3,(H,33,35)(H,36,37). The first-order chi connectivity index (χ1) is 18.5. The summed E-state index contributed by atoms with van der Waals surface area (Å²) in [6.45, 7) is -0.328. The van der Waals surface area contributed by atoms with Crippen LogP contribution in [0.25, 0.3) is 22.3 Å². The number of carbonyl (C=O) groups excluding carboxylic acids is 1. The molecule has 0 saturated heterocycles. The highest BCUT2D eigenvalue weighted by atomic mass is 32.2. The van der Waals surface area contributed by atoms with Crippen molar-refractivity contribution in [3.05, 3.63) is 82.7 Å². The van der Waals surface area contributed by atoms with Crippen LogP contribution in [-0.4, -0.2) is 21.7 Å². The first-order valence-electron chi connectivity index (χ1n) is 11.9. The third kappa shape index (κ3) is 5.21. The van der Waals surface area contributed by atoms with Crippen LogP contribution in [0.3, 0.4) is 0 Å². The highest BCUT2D eigenvalue weighted by molar-refractivity contribution is 7.80. The van der Waals surface area contributed by atoms with Gasteiger partial charge in [0, 0.05) is 29.8 Å². The molecule has 39 heavy (non-hydrogen) atoms. The van der Waals surface area contributed by atoms with Crippen LogP contribution in [0.4, 0.5) is 28.9 Å². The van der Waals surface area contributed by atoms with Crippen molar-refractivity contribution < 1.29 is 35.5 Å². The van der Waals surface area contributed by atoms with Gasteiger partial charge in [-0.15, -0.1) is 0 Å². The third-order valence-electron chi connectivity index (χ3n) is 6.62. The number of fused-ring (bicyclic) bond motifs is 1. The minimum Gasteiger partial charge on any atom is -0.455 e. The zero-order chi connectivity index (χ0) is 28.1. The zero-order valence-electron chi connectivity index (χ0n) is 20.5. The molecule has 3 aromatic carbocycles. The summed E-state index contributed by atoms with van der Waals surface area (Å²) >= 11 is -2.62. The lowest BCUT2D eigenvalue weighted by Crippen LogP contribution is -2.26. The predicted molar refractivity (Wildman–Crippen MR) is 140 cm³/mol. The van der Waals surface area contributed by atoms with E-state index in [0.717, 1.165) is 29.3 Å². The first kappa shape index (κ1) is 26.7. The monoisotopic (exact) mass is 561 g/mol. The summed E-state index contributed by atoms with van der Waals surface area (Å²) < 4.78 is 83.7. The number of hydrogen-bond acceptors (Lipinski definition) is 4. The Hall–Kier alpha value is -3.90. The van der Waals surface area contributed by atoms with Crippen LogP contribution in [0.15, 0.2) is 59.0 Å². The number of amides is 1. The average molecular weight is 562 g/mol. The number of rotatable bonds is 7. The quantitative estimate of drug-likeness (QED) is 0.141. The van der Waals surface area contributed by atoms with E-state index in [-0.39, 0.29) is 34.9 Å². The summed E-state index contributed by atoms with van der Waals surface area (Å²) in [7, 11) is 1.46. The molecule has 0 spiro atoms. The molecule has 0 aliphatic heterocycles. The average Bonchev–Trinajstić information content (AvgIpc) is 3.67. The molecular weight excluding hydrogens is 538 g/mol. The first-order valence-corrected chi connectivity index (χ1v) is 13.0. The fourth-order valence-corrected chi connectivity index (χ4v) is 5.16. The van der Waals surface area contributed by atoms with Crippen molar-refractivity contribution >= 4 is 39.5 Å². The zero-order valence-corrected chi connectivity index (χ0v) is 21.3. The van der Waals surface area contributed by atoms with Gasteiger partial charge in [-0.3, -0.25) is 13.7 Å². The Labute approximate surface area is 223 Å². The second-order valence-corrected chi connectivity index (χ2v) is 10.2. The van der Waals surface area contributed by atoms with Gasteiger partial charge in [-0.2, -0.15) is 13.2 Å². The molecule has 1 aromatic heterocycles. The number of halogens is 4. The van der Waals surface area contributed by atoms with E-state index in [1.165, 1.54) is 43.4 Å². The molecule has 4 aromatic rings. The van der Waals surface area contributed by atoms with Crippen molar-refractivity contribution in [2.24, 2.45) is 0 Å². The van der Waals surface area contributed by atoms with Crippen LogP contribution < -0.4 is 15.4 Å². The maximum atomic E-state index is 13.6. The fraction of sp³-hybridized carbons (Fsp3) is 0.222. The number of furan rings is 1. The summed E-state index contributed by atoms with van der Waals surface area (Å²) in [5, 5.41) is 3.04. The van der Waals surface area contributed by atoms with Gasteiger partial charge >= 0.3 is 6.18 Å². The van der Waals surface area contributed by atoms with Crippen molar-refractivity contribution in [1.82, 2.24) is 5.32 Å². The van der Waals surface area contributed by atoms with Gasteiger partial charge in [0.15, 0.2) is 0 Å². The molecule has 1 saturated carbocycles. The molecule has 204 valence electrons. The Morgan fingerprint density at radius 2 is 1.85 bits per heavy atom. The van der Waals surface area contributed by atoms with Gasteiger partial charge in [0.05, 0.1) is 23.4 Å². The van der Waals surface area contributed by atoms with E-state index in [1.807, 2.05) is 0 Å². The number of nitrogens with one attached hydrogen (secondary N) is 1.